The molecule has 1 atom stereocenters. The summed E-state index contributed by atoms with van der Waals surface area (Å²) in [5.74, 6) is 0. The largest absolute Gasteiger partial charge is 0.377 e. The van der Waals surface area contributed by atoms with E-state index in [1.165, 1.54) is 11.1 Å². The first-order valence-corrected chi connectivity index (χ1v) is 6.59. The van der Waals surface area contributed by atoms with Crippen molar-refractivity contribution in [2.75, 3.05) is 5.32 Å². The average Bonchev–Trinajstić information content (AvgIpc) is 2.48. The number of anilines is 1. The fraction of sp³-hybridized carbons (Fsp3) is 0.235. The van der Waals surface area contributed by atoms with Crippen LogP contribution in [0.3, 0.4) is 0 Å². The zero-order valence-electron chi connectivity index (χ0n) is 11.4. The van der Waals surface area contributed by atoms with Gasteiger partial charge in [-0.3, -0.25) is 0 Å². The van der Waals surface area contributed by atoms with E-state index in [-0.39, 0.29) is 6.04 Å². The van der Waals surface area contributed by atoms with Crippen LogP contribution in [0.1, 0.15) is 36.6 Å². The summed E-state index contributed by atoms with van der Waals surface area (Å²) in [6.45, 7) is 4.26. The van der Waals surface area contributed by atoms with Crippen molar-refractivity contribution in [1.29, 1.82) is 5.26 Å². The average molecular weight is 250 g/mol. The third-order valence-electron chi connectivity index (χ3n) is 3.31. The quantitative estimate of drug-likeness (QED) is 0.878. The van der Waals surface area contributed by atoms with Crippen LogP contribution in [-0.4, -0.2) is 0 Å². The van der Waals surface area contributed by atoms with Crippen molar-refractivity contribution >= 4 is 5.69 Å². The summed E-state index contributed by atoms with van der Waals surface area (Å²) in [6.07, 6.45) is 1.05. The Morgan fingerprint density at radius 1 is 1.11 bits per heavy atom. The van der Waals surface area contributed by atoms with Crippen LogP contribution in [0.5, 0.6) is 0 Å². The molecule has 0 bridgehead atoms. The van der Waals surface area contributed by atoms with Gasteiger partial charge in [0.05, 0.1) is 11.3 Å². The number of aryl methyl sites for hydroxylation is 1. The van der Waals surface area contributed by atoms with Gasteiger partial charge in [0.1, 0.15) is 6.07 Å². The van der Waals surface area contributed by atoms with Crippen LogP contribution < -0.4 is 5.32 Å². The molecule has 0 saturated heterocycles. The minimum absolute atomic E-state index is 0.181. The maximum atomic E-state index is 9.08. The molecule has 2 rings (SSSR count). The monoisotopic (exact) mass is 250 g/mol. The predicted octanol–water partition coefficient (Wildman–Crippen LogP) is 4.29. The predicted molar refractivity (Wildman–Crippen MR) is 79.0 cm³/mol. The normalized spacial score (nSPS) is 11.6. The molecule has 0 aliphatic heterocycles. The summed E-state index contributed by atoms with van der Waals surface area (Å²) < 4.78 is 0. The van der Waals surface area contributed by atoms with Gasteiger partial charge in [-0.25, -0.2) is 0 Å². The van der Waals surface area contributed by atoms with Gasteiger partial charge in [0.25, 0.3) is 0 Å². The molecule has 0 heterocycles. The summed E-state index contributed by atoms with van der Waals surface area (Å²) in [5, 5.41) is 12.5. The standard InChI is InChI=1S/C17H18N2/c1-3-14-8-10-15(11-9-14)13(2)19-17-7-5-4-6-16(17)12-18/h4-11,13,19H,3H2,1-2H3. The van der Waals surface area contributed by atoms with Gasteiger partial charge in [-0.2, -0.15) is 5.26 Å². The second-order valence-corrected chi connectivity index (χ2v) is 4.62. The Morgan fingerprint density at radius 3 is 2.42 bits per heavy atom. The molecule has 0 amide bonds. The van der Waals surface area contributed by atoms with Crippen LogP contribution in [0.15, 0.2) is 48.5 Å². The van der Waals surface area contributed by atoms with Gasteiger partial charge >= 0.3 is 0 Å². The molecule has 0 aliphatic rings. The molecule has 2 aromatic rings. The smallest absolute Gasteiger partial charge is 0.101 e. The molecule has 0 aromatic heterocycles. The molecule has 1 unspecified atom stereocenters. The topological polar surface area (TPSA) is 35.8 Å². The minimum atomic E-state index is 0.181. The molecule has 1 N–H and O–H groups in total. The number of hydrogen-bond donors (Lipinski definition) is 1. The Kier molecular flexibility index (Phi) is 4.20. The lowest BCUT2D eigenvalue weighted by Gasteiger charge is -2.17. The van der Waals surface area contributed by atoms with Crippen LogP contribution in [0.4, 0.5) is 5.69 Å². The molecule has 0 fully saturated rings. The molecular formula is C17H18N2. The number of benzene rings is 2. The first kappa shape index (κ1) is 13.2. The van der Waals surface area contributed by atoms with E-state index in [2.05, 4.69) is 49.5 Å². The van der Waals surface area contributed by atoms with Gasteiger partial charge < -0.3 is 5.32 Å². The summed E-state index contributed by atoms with van der Waals surface area (Å²) >= 11 is 0. The molecule has 0 spiro atoms. The van der Waals surface area contributed by atoms with Gasteiger partial charge in [0.2, 0.25) is 0 Å². The number of nitrogens with one attached hydrogen (secondary N) is 1. The van der Waals surface area contributed by atoms with Gasteiger partial charge in [-0.05, 0) is 36.6 Å². The second-order valence-electron chi connectivity index (χ2n) is 4.62. The zero-order valence-corrected chi connectivity index (χ0v) is 11.4. The highest BCUT2D eigenvalue weighted by Gasteiger charge is 2.07. The number of para-hydroxylation sites is 1. The first-order valence-electron chi connectivity index (χ1n) is 6.59. The van der Waals surface area contributed by atoms with Crippen molar-refractivity contribution in [3.05, 3.63) is 65.2 Å². The molecule has 0 radical (unpaired) electrons. The lowest BCUT2D eigenvalue weighted by Crippen LogP contribution is -2.07. The van der Waals surface area contributed by atoms with E-state index in [0.717, 1.165) is 12.1 Å². The van der Waals surface area contributed by atoms with E-state index in [1.54, 1.807) is 0 Å². The molecule has 0 aliphatic carbocycles. The highest BCUT2D eigenvalue weighted by Crippen LogP contribution is 2.22. The summed E-state index contributed by atoms with van der Waals surface area (Å²) in [5.41, 5.74) is 4.13. The minimum Gasteiger partial charge on any atom is -0.377 e. The van der Waals surface area contributed by atoms with Crippen molar-refractivity contribution in [3.8, 4) is 6.07 Å². The van der Waals surface area contributed by atoms with E-state index in [1.807, 2.05) is 24.3 Å². The van der Waals surface area contributed by atoms with Crippen LogP contribution in [0.2, 0.25) is 0 Å². The third kappa shape index (κ3) is 3.14. The Balaban J connectivity index is 2.16. The SMILES string of the molecule is CCc1ccc(C(C)Nc2ccccc2C#N)cc1. The summed E-state index contributed by atoms with van der Waals surface area (Å²) in [7, 11) is 0. The number of rotatable bonds is 4. The maximum Gasteiger partial charge on any atom is 0.101 e. The van der Waals surface area contributed by atoms with Crippen molar-refractivity contribution in [2.24, 2.45) is 0 Å². The van der Waals surface area contributed by atoms with Gasteiger partial charge in [0, 0.05) is 6.04 Å². The van der Waals surface area contributed by atoms with Crippen LogP contribution in [-0.2, 0) is 6.42 Å². The van der Waals surface area contributed by atoms with E-state index in [0.29, 0.717) is 5.56 Å². The Bertz CT molecular complexity index is 579. The number of hydrogen-bond acceptors (Lipinski definition) is 2. The van der Waals surface area contributed by atoms with Crippen LogP contribution in [0, 0.1) is 11.3 Å². The lowest BCUT2D eigenvalue weighted by molar-refractivity contribution is 0.882. The molecule has 2 nitrogen and oxygen atoms in total. The molecule has 96 valence electrons. The van der Waals surface area contributed by atoms with Crippen LogP contribution >= 0.6 is 0 Å². The van der Waals surface area contributed by atoms with Gasteiger partial charge in [-0.15, -0.1) is 0 Å². The number of nitrogens with zero attached hydrogens (tertiary/aromatic N) is 1. The van der Waals surface area contributed by atoms with E-state index in [9.17, 15) is 0 Å². The van der Waals surface area contributed by atoms with E-state index < -0.39 is 0 Å². The van der Waals surface area contributed by atoms with Crippen molar-refractivity contribution in [3.63, 3.8) is 0 Å². The Hall–Kier alpha value is -2.27. The summed E-state index contributed by atoms with van der Waals surface area (Å²) in [4.78, 5) is 0. The molecular weight excluding hydrogens is 232 g/mol. The Morgan fingerprint density at radius 2 is 1.79 bits per heavy atom. The zero-order chi connectivity index (χ0) is 13.7. The highest BCUT2D eigenvalue weighted by molar-refractivity contribution is 5.58. The van der Waals surface area contributed by atoms with Gasteiger partial charge in [0.15, 0.2) is 0 Å². The first-order chi connectivity index (χ1) is 9.24. The van der Waals surface area contributed by atoms with E-state index in [4.69, 9.17) is 5.26 Å². The second kappa shape index (κ2) is 6.06. The molecule has 19 heavy (non-hydrogen) atoms. The number of nitriles is 1. The highest BCUT2D eigenvalue weighted by atomic mass is 14.9. The summed E-state index contributed by atoms with van der Waals surface area (Å²) in [6, 6.07) is 18.6. The fourth-order valence-corrected chi connectivity index (χ4v) is 2.07. The molecule has 0 saturated carbocycles. The fourth-order valence-electron chi connectivity index (χ4n) is 2.07. The van der Waals surface area contributed by atoms with Crippen molar-refractivity contribution in [2.45, 2.75) is 26.3 Å². The lowest BCUT2D eigenvalue weighted by atomic mass is 10.0. The maximum absolute atomic E-state index is 9.08. The van der Waals surface area contributed by atoms with Crippen LogP contribution in [0.25, 0.3) is 0 Å². The molecule has 2 heteroatoms. The van der Waals surface area contributed by atoms with Gasteiger partial charge in [-0.1, -0.05) is 43.3 Å². The third-order valence-corrected chi connectivity index (χ3v) is 3.31. The van der Waals surface area contributed by atoms with Crippen molar-refractivity contribution in [1.82, 2.24) is 0 Å². The van der Waals surface area contributed by atoms with Crippen molar-refractivity contribution < 1.29 is 0 Å². The molecule has 2 aromatic carbocycles. The van der Waals surface area contributed by atoms with E-state index >= 15 is 0 Å². The Labute approximate surface area is 114 Å².